The van der Waals surface area contributed by atoms with Crippen molar-refractivity contribution in [1.29, 1.82) is 0 Å². The molecule has 1 aromatic heterocycles. The summed E-state index contributed by atoms with van der Waals surface area (Å²) >= 11 is 0. The van der Waals surface area contributed by atoms with Crippen LogP contribution in [-0.2, 0) is 10.1 Å². The van der Waals surface area contributed by atoms with E-state index in [1.807, 2.05) is 84.9 Å². The monoisotopic (exact) mass is 536 g/mol. The predicted molar refractivity (Wildman–Crippen MR) is 154 cm³/mol. The van der Waals surface area contributed by atoms with Crippen molar-refractivity contribution in [1.82, 2.24) is 15.0 Å². The van der Waals surface area contributed by atoms with Crippen molar-refractivity contribution < 1.29 is 13.0 Å². The fraction of sp³-hybridized carbons (Fsp3) is 0. The first-order valence-electron chi connectivity index (χ1n) is 11.9. The van der Waals surface area contributed by atoms with Gasteiger partial charge < -0.3 is 16.0 Å². The smallest absolute Gasteiger partial charge is 0.295 e. The van der Waals surface area contributed by atoms with Crippen LogP contribution in [0.4, 0.5) is 34.9 Å². The van der Waals surface area contributed by atoms with Crippen LogP contribution in [0, 0.1) is 0 Å². The maximum atomic E-state index is 11.8. The van der Waals surface area contributed by atoms with E-state index in [-0.39, 0.29) is 4.90 Å². The van der Waals surface area contributed by atoms with E-state index in [9.17, 15) is 13.0 Å². The fourth-order valence-electron chi connectivity index (χ4n) is 3.75. The summed E-state index contributed by atoms with van der Waals surface area (Å²) in [5, 5.41) is 9.65. The Morgan fingerprint density at radius 1 is 0.538 bits per heavy atom. The predicted octanol–water partition coefficient (Wildman–Crippen LogP) is 6.52. The van der Waals surface area contributed by atoms with Gasteiger partial charge in [0.2, 0.25) is 17.8 Å². The molecule has 194 valence electrons. The summed E-state index contributed by atoms with van der Waals surface area (Å²) < 4.78 is 33.1. The van der Waals surface area contributed by atoms with Gasteiger partial charge in [0.1, 0.15) is 4.90 Å². The topological polar surface area (TPSA) is 129 Å². The van der Waals surface area contributed by atoms with Gasteiger partial charge in [-0.3, -0.25) is 4.55 Å². The zero-order valence-electron chi connectivity index (χ0n) is 20.6. The van der Waals surface area contributed by atoms with Crippen molar-refractivity contribution in [3.8, 4) is 0 Å². The zero-order valence-corrected chi connectivity index (χ0v) is 21.4. The Kier molecular flexibility index (Phi) is 7.58. The summed E-state index contributed by atoms with van der Waals surface area (Å²) in [6, 6.07) is 32.8. The minimum absolute atomic E-state index is 0.169. The number of benzene rings is 4. The number of para-hydroxylation sites is 3. The SMILES string of the molecule is O=S(=O)(O)c1ccccc1/C=C/c1ccccc1Nc1nc(Nc2ccccc2)nc(Nc2ccccc2)n1. The van der Waals surface area contributed by atoms with Gasteiger partial charge in [0.05, 0.1) is 0 Å². The van der Waals surface area contributed by atoms with Crippen LogP contribution in [0.25, 0.3) is 12.2 Å². The third kappa shape index (κ3) is 6.83. The van der Waals surface area contributed by atoms with Crippen molar-refractivity contribution >= 4 is 57.2 Å². The second kappa shape index (κ2) is 11.5. The van der Waals surface area contributed by atoms with E-state index in [0.29, 0.717) is 29.1 Å². The molecule has 0 saturated heterocycles. The zero-order chi connectivity index (χ0) is 27.1. The molecule has 0 saturated carbocycles. The first kappa shape index (κ1) is 25.6. The molecule has 1 heterocycles. The van der Waals surface area contributed by atoms with Crippen molar-refractivity contribution in [3.05, 3.63) is 120 Å². The first-order valence-corrected chi connectivity index (χ1v) is 13.4. The Balaban J connectivity index is 1.47. The highest BCUT2D eigenvalue weighted by molar-refractivity contribution is 7.85. The summed E-state index contributed by atoms with van der Waals surface area (Å²) in [6.45, 7) is 0. The molecule has 0 atom stereocenters. The van der Waals surface area contributed by atoms with E-state index >= 15 is 0 Å². The average molecular weight is 537 g/mol. The van der Waals surface area contributed by atoms with Gasteiger partial charge in [0.25, 0.3) is 10.1 Å². The normalized spacial score (nSPS) is 11.3. The van der Waals surface area contributed by atoms with Gasteiger partial charge in [-0.15, -0.1) is 0 Å². The third-order valence-electron chi connectivity index (χ3n) is 5.54. The van der Waals surface area contributed by atoms with E-state index in [0.717, 1.165) is 16.9 Å². The quantitative estimate of drug-likeness (QED) is 0.123. The van der Waals surface area contributed by atoms with Crippen LogP contribution in [0.5, 0.6) is 0 Å². The van der Waals surface area contributed by atoms with E-state index < -0.39 is 10.1 Å². The fourth-order valence-corrected chi connectivity index (χ4v) is 4.44. The standard InChI is InChI=1S/C29H24N6O3S/c36-39(37,38)26-18-10-8-12-22(26)20-19-21-11-7-9-17-25(21)32-29-34-27(30-23-13-3-1-4-14-23)33-28(35-29)31-24-15-5-2-6-16-24/h1-20H,(H,36,37,38)(H3,30,31,32,33,34,35)/b20-19+. The van der Waals surface area contributed by atoms with Crippen LogP contribution in [0.1, 0.15) is 11.1 Å². The first-order chi connectivity index (χ1) is 18.9. The molecular formula is C29H24N6O3S. The third-order valence-corrected chi connectivity index (χ3v) is 6.47. The number of aromatic nitrogens is 3. The molecule has 4 N–H and O–H groups in total. The highest BCUT2D eigenvalue weighted by Crippen LogP contribution is 2.25. The Morgan fingerprint density at radius 2 is 0.974 bits per heavy atom. The maximum Gasteiger partial charge on any atom is 0.295 e. The van der Waals surface area contributed by atoms with Crippen LogP contribution in [0.2, 0.25) is 0 Å². The molecule has 0 aliphatic heterocycles. The molecule has 0 fully saturated rings. The van der Waals surface area contributed by atoms with Crippen molar-refractivity contribution in [2.45, 2.75) is 4.90 Å². The van der Waals surface area contributed by atoms with E-state index in [4.69, 9.17) is 0 Å². The molecular weight excluding hydrogens is 512 g/mol. The van der Waals surface area contributed by atoms with E-state index in [2.05, 4.69) is 30.9 Å². The molecule has 0 amide bonds. The summed E-state index contributed by atoms with van der Waals surface area (Å²) in [4.78, 5) is 13.4. The van der Waals surface area contributed by atoms with Gasteiger partial charge in [-0.25, -0.2) is 0 Å². The second-order valence-electron chi connectivity index (χ2n) is 8.35. The number of rotatable bonds is 9. The molecule has 0 spiro atoms. The van der Waals surface area contributed by atoms with Crippen molar-refractivity contribution in [2.75, 3.05) is 16.0 Å². The molecule has 0 aliphatic rings. The highest BCUT2D eigenvalue weighted by atomic mass is 32.2. The number of anilines is 6. The van der Waals surface area contributed by atoms with Gasteiger partial charge in [-0.1, -0.05) is 84.9 Å². The van der Waals surface area contributed by atoms with Crippen LogP contribution in [-0.4, -0.2) is 27.9 Å². The van der Waals surface area contributed by atoms with Gasteiger partial charge in [0.15, 0.2) is 0 Å². The minimum Gasteiger partial charge on any atom is -0.324 e. The number of nitrogens with one attached hydrogen (secondary N) is 3. The second-order valence-corrected chi connectivity index (χ2v) is 9.74. The van der Waals surface area contributed by atoms with Crippen molar-refractivity contribution in [2.24, 2.45) is 0 Å². The van der Waals surface area contributed by atoms with Crippen LogP contribution in [0.3, 0.4) is 0 Å². The number of nitrogens with zero attached hydrogens (tertiary/aromatic N) is 3. The minimum atomic E-state index is -4.37. The molecule has 0 radical (unpaired) electrons. The summed E-state index contributed by atoms with van der Waals surface area (Å²) in [7, 11) is -4.37. The number of hydrogen-bond acceptors (Lipinski definition) is 8. The van der Waals surface area contributed by atoms with Gasteiger partial charge in [0, 0.05) is 17.1 Å². The molecule has 5 aromatic rings. The Morgan fingerprint density at radius 3 is 1.54 bits per heavy atom. The molecule has 39 heavy (non-hydrogen) atoms. The van der Waals surface area contributed by atoms with E-state index in [1.165, 1.54) is 6.07 Å². The lowest BCUT2D eigenvalue weighted by molar-refractivity contribution is 0.483. The molecule has 0 unspecified atom stereocenters. The van der Waals surface area contributed by atoms with Crippen LogP contribution < -0.4 is 16.0 Å². The van der Waals surface area contributed by atoms with E-state index in [1.54, 1.807) is 30.4 Å². The summed E-state index contributed by atoms with van der Waals surface area (Å²) in [5.74, 6) is 0.973. The average Bonchev–Trinajstić information content (AvgIpc) is 2.93. The Hall–Kier alpha value is -5.06. The largest absolute Gasteiger partial charge is 0.324 e. The lowest BCUT2D eigenvalue weighted by atomic mass is 10.1. The highest BCUT2D eigenvalue weighted by Gasteiger charge is 2.13. The maximum absolute atomic E-state index is 11.8. The van der Waals surface area contributed by atoms with Gasteiger partial charge in [-0.05, 0) is 47.5 Å². The van der Waals surface area contributed by atoms with Gasteiger partial charge >= 0.3 is 0 Å². The summed E-state index contributed by atoms with van der Waals surface area (Å²) in [6.07, 6.45) is 3.38. The lowest BCUT2D eigenvalue weighted by Crippen LogP contribution is -2.07. The van der Waals surface area contributed by atoms with Crippen LogP contribution in [0.15, 0.2) is 114 Å². The van der Waals surface area contributed by atoms with Crippen molar-refractivity contribution in [3.63, 3.8) is 0 Å². The van der Waals surface area contributed by atoms with Gasteiger partial charge in [-0.2, -0.15) is 23.4 Å². The van der Waals surface area contributed by atoms with Crippen LogP contribution >= 0.6 is 0 Å². The Labute approximate surface area is 226 Å². The summed E-state index contributed by atoms with van der Waals surface area (Å²) in [5.41, 5.74) is 3.43. The molecule has 0 aliphatic carbocycles. The Bertz CT molecular complexity index is 1650. The molecule has 4 aromatic carbocycles. The number of hydrogen-bond donors (Lipinski definition) is 4. The molecule has 9 nitrogen and oxygen atoms in total. The molecule has 0 bridgehead atoms. The lowest BCUT2D eigenvalue weighted by Gasteiger charge is -2.13. The molecule has 5 rings (SSSR count). The molecule has 10 heteroatoms.